The largest absolute Gasteiger partial charge is 0.385 e. The SMILES string of the molecule is COCCC(N)CNC1(C)CCOC1. The van der Waals surface area contributed by atoms with E-state index in [1.165, 1.54) is 0 Å². The van der Waals surface area contributed by atoms with Crippen molar-refractivity contribution >= 4 is 0 Å². The van der Waals surface area contributed by atoms with E-state index in [1.54, 1.807) is 7.11 Å². The van der Waals surface area contributed by atoms with E-state index >= 15 is 0 Å². The Bertz CT molecular complexity index is 158. The standard InChI is InChI=1S/C10H22N2O2/c1-10(4-6-14-8-10)12-7-9(11)3-5-13-2/h9,12H,3-8,11H2,1-2H3. The Hall–Kier alpha value is -0.160. The third-order valence-electron chi connectivity index (χ3n) is 2.70. The lowest BCUT2D eigenvalue weighted by Gasteiger charge is -2.25. The maximum atomic E-state index is 5.91. The number of hydrogen-bond donors (Lipinski definition) is 2. The van der Waals surface area contributed by atoms with Gasteiger partial charge in [-0.2, -0.15) is 0 Å². The molecule has 0 bridgehead atoms. The molecule has 2 unspecified atom stereocenters. The van der Waals surface area contributed by atoms with Gasteiger partial charge in [0.15, 0.2) is 0 Å². The van der Waals surface area contributed by atoms with Gasteiger partial charge in [-0.1, -0.05) is 0 Å². The van der Waals surface area contributed by atoms with Crippen molar-refractivity contribution in [1.82, 2.24) is 5.32 Å². The predicted octanol–water partition coefficient (Wildman–Crippen LogP) is 0.119. The smallest absolute Gasteiger partial charge is 0.0646 e. The molecule has 2 atom stereocenters. The number of rotatable bonds is 6. The van der Waals surface area contributed by atoms with Gasteiger partial charge in [0.05, 0.1) is 6.61 Å². The lowest BCUT2D eigenvalue weighted by atomic mass is 10.0. The van der Waals surface area contributed by atoms with Crippen LogP contribution in [0.2, 0.25) is 0 Å². The van der Waals surface area contributed by atoms with E-state index in [4.69, 9.17) is 15.2 Å². The molecule has 0 spiro atoms. The van der Waals surface area contributed by atoms with Crippen LogP contribution in [0.15, 0.2) is 0 Å². The summed E-state index contributed by atoms with van der Waals surface area (Å²) in [7, 11) is 1.70. The average Bonchev–Trinajstić information content (AvgIpc) is 2.60. The van der Waals surface area contributed by atoms with Crippen LogP contribution < -0.4 is 11.1 Å². The lowest BCUT2D eigenvalue weighted by molar-refractivity contribution is 0.167. The van der Waals surface area contributed by atoms with Crippen LogP contribution in [-0.4, -0.2) is 45.1 Å². The number of methoxy groups -OCH3 is 1. The Kier molecular flexibility index (Phi) is 4.81. The molecule has 0 saturated carbocycles. The first-order chi connectivity index (χ1) is 6.66. The average molecular weight is 202 g/mol. The van der Waals surface area contributed by atoms with Crippen molar-refractivity contribution in [3.8, 4) is 0 Å². The van der Waals surface area contributed by atoms with Gasteiger partial charge in [-0.25, -0.2) is 0 Å². The first kappa shape index (κ1) is 11.9. The molecule has 1 heterocycles. The summed E-state index contributed by atoms with van der Waals surface area (Å²) in [6.45, 7) is 5.41. The van der Waals surface area contributed by atoms with Crippen LogP contribution in [0.25, 0.3) is 0 Å². The molecular formula is C10H22N2O2. The second kappa shape index (κ2) is 5.66. The first-order valence-electron chi connectivity index (χ1n) is 5.23. The highest BCUT2D eigenvalue weighted by atomic mass is 16.5. The zero-order chi connectivity index (χ0) is 10.4. The fourth-order valence-electron chi connectivity index (χ4n) is 1.56. The molecule has 1 aliphatic heterocycles. The Morgan fingerprint density at radius 2 is 2.43 bits per heavy atom. The van der Waals surface area contributed by atoms with Crippen molar-refractivity contribution in [3.05, 3.63) is 0 Å². The molecule has 1 aliphatic rings. The maximum absolute atomic E-state index is 5.91. The highest BCUT2D eigenvalue weighted by Gasteiger charge is 2.29. The normalized spacial score (nSPS) is 29.4. The second-order valence-corrected chi connectivity index (χ2v) is 4.29. The monoisotopic (exact) mass is 202 g/mol. The summed E-state index contributed by atoms with van der Waals surface area (Å²) in [6, 6.07) is 0.173. The molecule has 0 radical (unpaired) electrons. The Morgan fingerprint density at radius 1 is 1.64 bits per heavy atom. The van der Waals surface area contributed by atoms with E-state index in [2.05, 4.69) is 12.2 Å². The van der Waals surface area contributed by atoms with E-state index in [1.807, 2.05) is 0 Å². The fourth-order valence-corrected chi connectivity index (χ4v) is 1.56. The summed E-state index contributed by atoms with van der Waals surface area (Å²) in [5, 5.41) is 3.46. The Balaban J connectivity index is 2.12. The van der Waals surface area contributed by atoms with Crippen LogP contribution >= 0.6 is 0 Å². The zero-order valence-electron chi connectivity index (χ0n) is 9.21. The summed E-state index contributed by atoms with van der Waals surface area (Å²) >= 11 is 0. The minimum absolute atomic E-state index is 0.130. The second-order valence-electron chi connectivity index (χ2n) is 4.29. The molecular weight excluding hydrogens is 180 g/mol. The van der Waals surface area contributed by atoms with Gasteiger partial charge in [0.2, 0.25) is 0 Å². The third-order valence-corrected chi connectivity index (χ3v) is 2.70. The molecule has 4 heteroatoms. The lowest BCUT2D eigenvalue weighted by Crippen LogP contribution is -2.48. The third kappa shape index (κ3) is 3.92. The van der Waals surface area contributed by atoms with E-state index in [-0.39, 0.29) is 11.6 Å². The zero-order valence-corrected chi connectivity index (χ0v) is 9.21. The highest BCUT2D eigenvalue weighted by molar-refractivity contribution is 4.87. The molecule has 0 amide bonds. The van der Waals surface area contributed by atoms with Crippen LogP contribution in [0.3, 0.4) is 0 Å². The van der Waals surface area contributed by atoms with Crippen molar-refractivity contribution in [2.75, 3.05) is 33.5 Å². The topological polar surface area (TPSA) is 56.5 Å². The van der Waals surface area contributed by atoms with Gasteiger partial charge < -0.3 is 20.5 Å². The van der Waals surface area contributed by atoms with Gasteiger partial charge in [0.1, 0.15) is 0 Å². The van der Waals surface area contributed by atoms with Crippen molar-refractivity contribution in [3.63, 3.8) is 0 Å². The Labute approximate surface area is 86.1 Å². The summed E-state index contributed by atoms with van der Waals surface area (Å²) in [4.78, 5) is 0. The number of hydrogen-bond acceptors (Lipinski definition) is 4. The molecule has 1 fully saturated rings. The number of nitrogens with one attached hydrogen (secondary N) is 1. The van der Waals surface area contributed by atoms with E-state index in [0.717, 1.165) is 39.2 Å². The molecule has 0 aliphatic carbocycles. The summed E-state index contributed by atoms with van der Waals surface area (Å²) < 4.78 is 10.3. The van der Waals surface area contributed by atoms with Gasteiger partial charge in [-0.3, -0.25) is 0 Å². The summed E-state index contributed by atoms with van der Waals surface area (Å²) in [5.41, 5.74) is 6.04. The molecule has 1 saturated heterocycles. The number of ether oxygens (including phenoxy) is 2. The van der Waals surface area contributed by atoms with Gasteiger partial charge >= 0.3 is 0 Å². The van der Waals surface area contributed by atoms with Crippen molar-refractivity contribution in [1.29, 1.82) is 0 Å². The van der Waals surface area contributed by atoms with E-state index in [9.17, 15) is 0 Å². The predicted molar refractivity (Wildman–Crippen MR) is 56.3 cm³/mol. The molecule has 0 aromatic rings. The molecule has 1 rings (SSSR count). The molecule has 3 N–H and O–H groups in total. The number of nitrogens with two attached hydrogens (primary N) is 1. The molecule has 4 nitrogen and oxygen atoms in total. The highest BCUT2D eigenvalue weighted by Crippen LogP contribution is 2.16. The quantitative estimate of drug-likeness (QED) is 0.642. The van der Waals surface area contributed by atoms with Crippen LogP contribution in [0.5, 0.6) is 0 Å². The van der Waals surface area contributed by atoms with E-state index < -0.39 is 0 Å². The minimum atomic E-state index is 0.130. The van der Waals surface area contributed by atoms with Crippen LogP contribution in [0, 0.1) is 0 Å². The Morgan fingerprint density at radius 3 is 3.00 bits per heavy atom. The van der Waals surface area contributed by atoms with Crippen molar-refractivity contribution < 1.29 is 9.47 Å². The van der Waals surface area contributed by atoms with Gasteiger partial charge in [-0.05, 0) is 19.8 Å². The van der Waals surface area contributed by atoms with Crippen molar-refractivity contribution in [2.45, 2.75) is 31.3 Å². The van der Waals surface area contributed by atoms with Gasteiger partial charge in [-0.15, -0.1) is 0 Å². The fraction of sp³-hybridized carbons (Fsp3) is 1.00. The maximum Gasteiger partial charge on any atom is 0.0646 e. The molecule has 84 valence electrons. The first-order valence-corrected chi connectivity index (χ1v) is 5.23. The van der Waals surface area contributed by atoms with Crippen LogP contribution in [0.4, 0.5) is 0 Å². The summed E-state index contributed by atoms with van der Waals surface area (Å²) in [6.07, 6.45) is 1.98. The summed E-state index contributed by atoms with van der Waals surface area (Å²) in [5.74, 6) is 0. The van der Waals surface area contributed by atoms with Crippen LogP contribution in [0.1, 0.15) is 19.8 Å². The van der Waals surface area contributed by atoms with Gasteiger partial charge in [0, 0.05) is 38.4 Å². The molecule has 0 aromatic heterocycles. The van der Waals surface area contributed by atoms with Crippen LogP contribution in [-0.2, 0) is 9.47 Å². The molecule has 14 heavy (non-hydrogen) atoms. The van der Waals surface area contributed by atoms with Gasteiger partial charge in [0.25, 0.3) is 0 Å². The molecule has 0 aromatic carbocycles. The van der Waals surface area contributed by atoms with E-state index in [0.29, 0.717) is 0 Å². The minimum Gasteiger partial charge on any atom is -0.385 e. The van der Waals surface area contributed by atoms with Crippen molar-refractivity contribution in [2.24, 2.45) is 5.73 Å².